The lowest BCUT2D eigenvalue weighted by molar-refractivity contribution is 0.324. The van der Waals surface area contributed by atoms with Crippen molar-refractivity contribution in [3.05, 3.63) is 0 Å². The molecule has 0 aromatic carbocycles. The van der Waals surface area contributed by atoms with Gasteiger partial charge in [-0.3, -0.25) is 8.74 Å². The first-order valence-electron chi connectivity index (χ1n) is 7.88. The largest absolute Gasteiger partial charge is 0.397 e. The number of unbranched alkanes of at least 4 members (excludes halogenated alkanes) is 8. The molecule has 130 valence electrons. The van der Waals surface area contributed by atoms with Gasteiger partial charge in [-0.1, -0.05) is 78.6 Å². The Labute approximate surface area is 137 Å². The Morgan fingerprint density at radius 1 is 0.952 bits per heavy atom. The maximum Gasteiger partial charge on any atom is 0.397 e. The molecule has 0 radical (unpaired) electrons. The first kappa shape index (κ1) is 23.5. The van der Waals surface area contributed by atoms with Gasteiger partial charge < -0.3 is 0 Å². The van der Waals surface area contributed by atoms with E-state index in [2.05, 4.69) is 37.6 Å². The number of hydrogen-bond acceptors (Lipinski definition) is 4. The fourth-order valence-corrected chi connectivity index (χ4v) is 2.03. The summed E-state index contributed by atoms with van der Waals surface area (Å²) in [5, 5.41) is 0. The van der Waals surface area contributed by atoms with E-state index in [0.29, 0.717) is 0 Å². The SMILES string of the molecule is CCCCCCCCCCCC(C)(C)S.COS(=O)(=O)O. The summed E-state index contributed by atoms with van der Waals surface area (Å²) in [5.41, 5.74) is 0. The van der Waals surface area contributed by atoms with Crippen LogP contribution >= 0.6 is 12.6 Å². The fraction of sp³-hybridized carbons (Fsp3) is 1.00. The van der Waals surface area contributed by atoms with Crippen molar-refractivity contribution in [2.24, 2.45) is 0 Å². The normalized spacial score (nSPS) is 11.9. The van der Waals surface area contributed by atoms with Crippen molar-refractivity contribution in [3.8, 4) is 0 Å². The highest BCUT2D eigenvalue weighted by atomic mass is 32.3. The second-order valence-electron chi connectivity index (χ2n) is 5.99. The molecule has 0 bridgehead atoms. The van der Waals surface area contributed by atoms with Gasteiger partial charge in [0.05, 0.1) is 7.11 Å². The van der Waals surface area contributed by atoms with Crippen LogP contribution in [0.25, 0.3) is 0 Å². The van der Waals surface area contributed by atoms with Gasteiger partial charge in [-0.2, -0.15) is 21.0 Å². The lowest BCUT2D eigenvalue weighted by atomic mass is 10.0. The molecule has 0 fully saturated rings. The number of rotatable bonds is 11. The Bertz CT molecular complexity index is 308. The van der Waals surface area contributed by atoms with Crippen LogP contribution in [-0.4, -0.2) is 24.8 Å². The molecule has 0 aliphatic carbocycles. The Morgan fingerprint density at radius 3 is 1.57 bits per heavy atom. The van der Waals surface area contributed by atoms with Crippen LogP contribution in [0.15, 0.2) is 0 Å². The average Bonchev–Trinajstić information content (AvgIpc) is 2.35. The highest BCUT2D eigenvalue weighted by Crippen LogP contribution is 2.21. The van der Waals surface area contributed by atoms with Crippen LogP contribution in [0.2, 0.25) is 0 Å². The molecule has 0 aromatic rings. The number of hydrogen-bond donors (Lipinski definition) is 2. The van der Waals surface area contributed by atoms with Gasteiger partial charge in [-0.25, -0.2) is 0 Å². The summed E-state index contributed by atoms with van der Waals surface area (Å²) in [6.45, 7) is 6.70. The van der Waals surface area contributed by atoms with Gasteiger partial charge >= 0.3 is 10.4 Å². The molecule has 1 N–H and O–H groups in total. The summed E-state index contributed by atoms with van der Waals surface area (Å²) in [6, 6.07) is 0. The van der Waals surface area contributed by atoms with Gasteiger partial charge in [0.15, 0.2) is 0 Å². The molecule has 21 heavy (non-hydrogen) atoms. The summed E-state index contributed by atoms with van der Waals surface area (Å²) in [5.74, 6) is 0. The molecule has 0 spiro atoms. The van der Waals surface area contributed by atoms with Gasteiger partial charge in [-0.05, 0) is 6.42 Å². The Hall–Kier alpha value is 0.220. The van der Waals surface area contributed by atoms with Crippen molar-refractivity contribution in [3.63, 3.8) is 0 Å². The van der Waals surface area contributed by atoms with Crippen molar-refractivity contribution >= 4 is 23.0 Å². The van der Waals surface area contributed by atoms with Crippen molar-refractivity contribution in [1.82, 2.24) is 0 Å². The standard InChI is InChI=1S/C14H30S.CH4O4S/c1-4-5-6-7-8-9-10-11-12-13-14(2,3)15;1-5-6(2,3)4/h15H,4-13H2,1-3H3;1H3,(H,2,3,4). The fourth-order valence-electron chi connectivity index (χ4n) is 1.87. The molecule has 4 nitrogen and oxygen atoms in total. The smallest absolute Gasteiger partial charge is 0.264 e. The third-order valence-electron chi connectivity index (χ3n) is 3.10. The molecule has 0 aliphatic rings. The van der Waals surface area contributed by atoms with E-state index in [0.717, 1.165) is 7.11 Å². The molecule has 0 aromatic heterocycles. The first-order chi connectivity index (χ1) is 9.62. The summed E-state index contributed by atoms with van der Waals surface area (Å²) in [7, 11) is -3.29. The van der Waals surface area contributed by atoms with Gasteiger partial charge in [0.25, 0.3) is 0 Å². The minimum absolute atomic E-state index is 0.237. The van der Waals surface area contributed by atoms with E-state index in [1.807, 2.05) is 0 Å². The van der Waals surface area contributed by atoms with Crippen molar-refractivity contribution < 1.29 is 17.2 Å². The Balaban J connectivity index is 0. The molecule has 0 saturated carbocycles. The molecule has 0 atom stereocenters. The van der Waals surface area contributed by atoms with Crippen LogP contribution in [0.1, 0.15) is 85.0 Å². The topological polar surface area (TPSA) is 63.6 Å². The van der Waals surface area contributed by atoms with Crippen LogP contribution in [0, 0.1) is 0 Å². The molecular weight excluding hydrogens is 308 g/mol. The molecule has 0 rings (SSSR count). The summed E-state index contributed by atoms with van der Waals surface area (Å²) in [6.07, 6.45) is 14.0. The predicted octanol–water partition coefficient (Wildman–Crippen LogP) is 5.05. The second kappa shape index (κ2) is 13.9. The summed E-state index contributed by atoms with van der Waals surface area (Å²) >= 11 is 4.54. The van der Waals surface area contributed by atoms with E-state index in [4.69, 9.17) is 4.55 Å². The zero-order valence-electron chi connectivity index (χ0n) is 14.1. The molecule has 0 amide bonds. The van der Waals surface area contributed by atoms with E-state index in [1.54, 1.807) is 0 Å². The summed E-state index contributed by atoms with van der Waals surface area (Å²) < 4.78 is 29.9. The van der Waals surface area contributed by atoms with Gasteiger partial charge in [0.2, 0.25) is 0 Å². The minimum atomic E-state index is -4.16. The second-order valence-corrected chi connectivity index (χ2v) is 8.38. The maximum atomic E-state index is 9.33. The van der Waals surface area contributed by atoms with E-state index >= 15 is 0 Å². The zero-order valence-corrected chi connectivity index (χ0v) is 15.8. The minimum Gasteiger partial charge on any atom is -0.264 e. The summed E-state index contributed by atoms with van der Waals surface area (Å²) in [4.78, 5) is 0. The zero-order chi connectivity index (χ0) is 16.8. The van der Waals surface area contributed by atoms with Gasteiger partial charge in [-0.15, -0.1) is 0 Å². The lowest BCUT2D eigenvalue weighted by Gasteiger charge is -2.16. The van der Waals surface area contributed by atoms with E-state index < -0.39 is 10.4 Å². The quantitative estimate of drug-likeness (QED) is 0.313. The van der Waals surface area contributed by atoms with Crippen LogP contribution in [0.5, 0.6) is 0 Å². The predicted molar refractivity (Wildman–Crippen MR) is 93.5 cm³/mol. The third-order valence-corrected chi connectivity index (χ3v) is 3.75. The molecule has 0 heterocycles. The van der Waals surface area contributed by atoms with Crippen LogP contribution in [-0.2, 0) is 14.6 Å². The molecule has 0 aliphatic heterocycles. The van der Waals surface area contributed by atoms with Gasteiger partial charge in [0, 0.05) is 4.75 Å². The van der Waals surface area contributed by atoms with Crippen molar-refractivity contribution in [2.45, 2.75) is 89.7 Å². The number of thiol groups is 1. The van der Waals surface area contributed by atoms with Crippen molar-refractivity contribution in [2.75, 3.05) is 7.11 Å². The van der Waals surface area contributed by atoms with Crippen LogP contribution in [0.4, 0.5) is 0 Å². The highest BCUT2D eigenvalue weighted by Gasteiger charge is 2.09. The van der Waals surface area contributed by atoms with Gasteiger partial charge in [0.1, 0.15) is 0 Å². The Morgan fingerprint density at radius 2 is 1.29 bits per heavy atom. The molecule has 0 unspecified atom stereocenters. The molecule has 6 heteroatoms. The van der Waals surface area contributed by atoms with E-state index in [9.17, 15) is 8.42 Å². The average molecular weight is 343 g/mol. The van der Waals surface area contributed by atoms with Crippen molar-refractivity contribution in [1.29, 1.82) is 0 Å². The monoisotopic (exact) mass is 342 g/mol. The van der Waals surface area contributed by atoms with Crippen LogP contribution < -0.4 is 0 Å². The molecule has 0 saturated heterocycles. The highest BCUT2D eigenvalue weighted by molar-refractivity contribution is 7.81. The van der Waals surface area contributed by atoms with E-state index in [-0.39, 0.29) is 4.75 Å². The first-order valence-corrected chi connectivity index (χ1v) is 9.69. The van der Waals surface area contributed by atoms with E-state index in [1.165, 1.54) is 64.2 Å². The third kappa shape index (κ3) is 29.0. The lowest BCUT2D eigenvalue weighted by Crippen LogP contribution is -2.09. The Kier molecular flexibility index (Phi) is 15.5. The van der Waals surface area contributed by atoms with Crippen LogP contribution in [0.3, 0.4) is 0 Å². The maximum absolute atomic E-state index is 9.33. The molecular formula is C15H34O4S2.